The van der Waals surface area contributed by atoms with Crippen LogP contribution in [0.2, 0.25) is 0 Å². The van der Waals surface area contributed by atoms with Crippen molar-refractivity contribution in [3.05, 3.63) is 65.7 Å². The van der Waals surface area contributed by atoms with Gasteiger partial charge in [0, 0.05) is 38.3 Å². The molecule has 2 aromatic rings. The van der Waals surface area contributed by atoms with Gasteiger partial charge in [-0.3, -0.25) is 14.5 Å². The van der Waals surface area contributed by atoms with Crippen LogP contribution in [0.15, 0.2) is 54.6 Å². The largest absolute Gasteiger partial charge is 0.496 e. The van der Waals surface area contributed by atoms with E-state index in [4.69, 9.17) is 4.74 Å². The van der Waals surface area contributed by atoms with Crippen LogP contribution in [-0.2, 0) is 11.2 Å². The van der Waals surface area contributed by atoms with Gasteiger partial charge in [0.2, 0.25) is 5.91 Å². The minimum Gasteiger partial charge on any atom is -0.496 e. The number of hydrogen-bond donors (Lipinski definition) is 1. The number of carbonyl (C=O) groups is 2. The molecule has 6 nitrogen and oxygen atoms in total. The molecule has 1 saturated heterocycles. The topological polar surface area (TPSA) is 61.9 Å². The zero-order chi connectivity index (χ0) is 19.8. The van der Waals surface area contributed by atoms with Gasteiger partial charge in [-0.1, -0.05) is 36.4 Å². The van der Waals surface area contributed by atoms with Crippen LogP contribution in [0.3, 0.4) is 0 Å². The fourth-order valence-electron chi connectivity index (χ4n) is 3.38. The number of para-hydroxylation sites is 1. The molecule has 0 bridgehead atoms. The zero-order valence-electron chi connectivity index (χ0n) is 16.3. The zero-order valence-corrected chi connectivity index (χ0v) is 16.3. The fraction of sp³-hybridized carbons (Fsp3) is 0.364. The standard InChI is InChI=1S/C22H27N3O3/c1-28-20-10-6-5-7-18(20)11-12-23-21(26)17-24-13-15-25(16-14-24)22(27)19-8-3-2-4-9-19/h2-10H,11-17H2,1H3,(H,23,26). The molecule has 0 unspecified atom stereocenters. The molecule has 1 heterocycles. The van der Waals surface area contributed by atoms with E-state index in [1.807, 2.05) is 59.5 Å². The molecule has 1 N–H and O–H groups in total. The smallest absolute Gasteiger partial charge is 0.253 e. The van der Waals surface area contributed by atoms with E-state index >= 15 is 0 Å². The molecule has 3 rings (SSSR count). The Kier molecular flexibility index (Phi) is 7.03. The Bertz CT molecular complexity index is 787. The Labute approximate surface area is 166 Å². The van der Waals surface area contributed by atoms with Crippen LogP contribution in [-0.4, -0.2) is 68.0 Å². The number of nitrogens with one attached hydrogen (secondary N) is 1. The van der Waals surface area contributed by atoms with Crippen molar-refractivity contribution in [3.8, 4) is 5.75 Å². The normalized spacial score (nSPS) is 14.5. The lowest BCUT2D eigenvalue weighted by molar-refractivity contribution is -0.122. The lowest BCUT2D eigenvalue weighted by Gasteiger charge is -2.34. The first-order chi connectivity index (χ1) is 13.7. The number of carbonyl (C=O) groups excluding carboxylic acids is 2. The maximum Gasteiger partial charge on any atom is 0.253 e. The van der Waals surface area contributed by atoms with Crippen molar-refractivity contribution in [2.45, 2.75) is 6.42 Å². The Morgan fingerprint density at radius 2 is 1.64 bits per heavy atom. The second-order valence-electron chi connectivity index (χ2n) is 6.85. The van der Waals surface area contributed by atoms with Gasteiger partial charge in [0.15, 0.2) is 0 Å². The molecule has 0 saturated carbocycles. The quantitative estimate of drug-likeness (QED) is 0.795. The van der Waals surface area contributed by atoms with Crippen molar-refractivity contribution in [2.75, 3.05) is 46.4 Å². The Morgan fingerprint density at radius 1 is 0.964 bits per heavy atom. The first kappa shape index (κ1) is 19.9. The van der Waals surface area contributed by atoms with Crippen molar-refractivity contribution in [2.24, 2.45) is 0 Å². The monoisotopic (exact) mass is 381 g/mol. The summed E-state index contributed by atoms with van der Waals surface area (Å²) in [4.78, 5) is 28.6. The van der Waals surface area contributed by atoms with Gasteiger partial charge in [-0.15, -0.1) is 0 Å². The van der Waals surface area contributed by atoms with Crippen LogP contribution >= 0.6 is 0 Å². The average molecular weight is 381 g/mol. The molecular weight excluding hydrogens is 354 g/mol. The lowest BCUT2D eigenvalue weighted by Crippen LogP contribution is -2.51. The molecular formula is C22H27N3O3. The van der Waals surface area contributed by atoms with Crippen LogP contribution < -0.4 is 10.1 Å². The molecule has 0 radical (unpaired) electrons. The maximum absolute atomic E-state index is 12.5. The van der Waals surface area contributed by atoms with Crippen molar-refractivity contribution in [1.82, 2.24) is 15.1 Å². The number of piperazine rings is 1. The molecule has 6 heteroatoms. The summed E-state index contributed by atoms with van der Waals surface area (Å²) in [5.74, 6) is 0.912. The third-order valence-corrected chi connectivity index (χ3v) is 4.96. The Morgan fingerprint density at radius 3 is 2.36 bits per heavy atom. The second kappa shape index (κ2) is 9.90. The van der Waals surface area contributed by atoms with Gasteiger partial charge in [0.25, 0.3) is 5.91 Å². The van der Waals surface area contributed by atoms with Crippen LogP contribution in [0.25, 0.3) is 0 Å². The summed E-state index contributed by atoms with van der Waals surface area (Å²) in [7, 11) is 1.65. The molecule has 1 aliphatic rings. The number of benzene rings is 2. The number of ether oxygens (including phenoxy) is 1. The summed E-state index contributed by atoms with van der Waals surface area (Å²) in [5.41, 5.74) is 1.79. The van der Waals surface area contributed by atoms with Crippen LogP contribution in [0, 0.1) is 0 Å². The number of rotatable bonds is 7. The highest BCUT2D eigenvalue weighted by molar-refractivity contribution is 5.94. The molecule has 1 aliphatic heterocycles. The molecule has 148 valence electrons. The van der Waals surface area contributed by atoms with Crippen molar-refractivity contribution in [3.63, 3.8) is 0 Å². The fourth-order valence-corrected chi connectivity index (χ4v) is 3.38. The molecule has 0 aliphatic carbocycles. The van der Waals surface area contributed by atoms with Gasteiger partial charge in [-0.25, -0.2) is 0 Å². The number of amides is 2. The van der Waals surface area contributed by atoms with E-state index in [-0.39, 0.29) is 11.8 Å². The highest BCUT2D eigenvalue weighted by Gasteiger charge is 2.23. The number of nitrogens with zero attached hydrogens (tertiary/aromatic N) is 2. The van der Waals surface area contributed by atoms with E-state index in [1.165, 1.54) is 0 Å². The molecule has 0 aromatic heterocycles. The van der Waals surface area contributed by atoms with Crippen LogP contribution in [0.1, 0.15) is 15.9 Å². The summed E-state index contributed by atoms with van der Waals surface area (Å²) in [6.45, 7) is 3.63. The molecule has 2 amide bonds. The van der Waals surface area contributed by atoms with E-state index in [9.17, 15) is 9.59 Å². The predicted octanol–water partition coefficient (Wildman–Crippen LogP) is 1.81. The predicted molar refractivity (Wildman–Crippen MR) is 108 cm³/mol. The average Bonchev–Trinajstić information content (AvgIpc) is 2.75. The van der Waals surface area contributed by atoms with Crippen LogP contribution in [0.5, 0.6) is 5.75 Å². The highest BCUT2D eigenvalue weighted by atomic mass is 16.5. The van der Waals surface area contributed by atoms with Crippen LogP contribution in [0.4, 0.5) is 0 Å². The summed E-state index contributed by atoms with van der Waals surface area (Å²) in [6, 6.07) is 17.2. The van der Waals surface area contributed by atoms with Gasteiger partial charge in [-0.05, 0) is 30.2 Å². The summed E-state index contributed by atoms with van der Waals surface area (Å²) in [5, 5.41) is 2.97. The molecule has 2 aromatic carbocycles. The van der Waals surface area contributed by atoms with Crippen molar-refractivity contribution < 1.29 is 14.3 Å². The maximum atomic E-state index is 12.5. The van der Waals surface area contributed by atoms with Gasteiger partial charge >= 0.3 is 0 Å². The third-order valence-electron chi connectivity index (χ3n) is 4.96. The molecule has 1 fully saturated rings. The first-order valence-electron chi connectivity index (χ1n) is 9.62. The summed E-state index contributed by atoms with van der Waals surface area (Å²) < 4.78 is 5.33. The Balaban J connectivity index is 1.38. The van der Waals surface area contributed by atoms with Gasteiger partial charge in [0.1, 0.15) is 5.75 Å². The highest BCUT2D eigenvalue weighted by Crippen LogP contribution is 2.17. The SMILES string of the molecule is COc1ccccc1CCNC(=O)CN1CCN(C(=O)c2ccccc2)CC1. The summed E-state index contributed by atoms with van der Waals surface area (Å²) >= 11 is 0. The van der Waals surface area contributed by atoms with Gasteiger partial charge in [0.05, 0.1) is 13.7 Å². The van der Waals surface area contributed by atoms with Crippen molar-refractivity contribution in [1.29, 1.82) is 0 Å². The summed E-state index contributed by atoms with van der Waals surface area (Å²) in [6.07, 6.45) is 0.731. The van der Waals surface area contributed by atoms with E-state index in [2.05, 4.69) is 10.2 Å². The van der Waals surface area contributed by atoms with E-state index in [1.54, 1.807) is 7.11 Å². The minimum absolute atomic E-state index is 0.0118. The van der Waals surface area contributed by atoms with E-state index in [0.717, 1.165) is 17.7 Å². The van der Waals surface area contributed by atoms with E-state index in [0.29, 0.717) is 44.8 Å². The minimum atomic E-state index is 0.0118. The van der Waals surface area contributed by atoms with Crippen molar-refractivity contribution >= 4 is 11.8 Å². The molecule has 0 spiro atoms. The second-order valence-corrected chi connectivity index (χ2v) is 6.85. The number of methoxy groups -OCH3 is 1. The van der Waals surface area contributed by atoms with Gasteiger partial charge in [-0.2, -0.15) is 0 Å². The third kappa shape index (κ3) is 5.33. The first-order valence-corrected chi connectivity index (χ1v) is 9.62. The molecule has 0 atom stereocenters. The lowest BCUT2D eigenvalue weighted by atomic mass is 10.1. The Hall–Kier alpha value is -2.86. The molecule has 28 heavy (non-hydrogen) atoms. The van der Waals surface area contributed by atoms with Gasteiger partial charge < -0.3 is 15.0 Å². The number of hydrogen-bond acceptors (Lipinski definition) is 4. The van der Waals surface area contributed by atoms with E-state index < -0.39 is 0 Å².